The average molecular weight is 1210 g/mol. The van der Waals surface area contributed by atoms with Crippen LogP contribution in [0.15, 0.2) is 170 Å². The molecule has 9 nitrogen and oxygen atoms in total. The Morgan fingerprint density at radius 2 is 0.628 bits per heavy atom. The number of hydrogen-bond acceptors (Lipinski definition) is 8. The van der Waals surface area contributed by atoms with Crippen LogP contribution in [0.3, 0.4) is 0 Å². The van der Waals surface area contributed by atoms with Crippen LogP contribution in [0, 0.1) is 0 Å². The van der Waals surface area contributed by atoms with Crippen LogP contribution in [0.1, 0.15) is 245 Å². The van der Waals surface area contributed by atoms with Crippen molar-refractivity contribution in [2.45, 2.75) is 251 Å². The lowest BCUT2D eigenvalue weighted by atomic mass is 10.0. The summed E-state index contributed by atoms with van der Waals surface area (Å²) in [6.07, 6.45) is 98.5. The predicted molar refractivity (Wildman–Crippen MR) is 369 cm³/mol. The van der Waals surface area contributed by atoms with Gasteiger partial charge in [-0.15, -0.1) is 0 Å². The Kier molecular flexibility index (Phi) is 61.3. The molecule has 0 aromatic rings. The molecule has 0 fully saturated rings. The highest BCUT2D eigenvalue weighted by atomic mass is 31.2. The molecule has 0 aromatic heterocycles. The van der Waals surface area contributed by atoms with E-state index < -0.39 is 32.5 Å². The van der Waals surface area contributed by atoms with E-state index in [1.807, 2.05) is 21.1 Å². The Bertz CT molecular complexity index is 2060. The lowest BCUT2D eigenvalue weighted by Gasteiger charge is -2.28. The molecule has 0 saturated heterocycles. The number of rotatable bonds is 60. The van der Waals surface area contributed by atoms with Gasteiger partial charge >= 0.3 is 11.9 Å². The second-order valence-corrected chi connectivity index (χ2v) is 24.5. The van der Waals surface area contributed by atoms with E-state index in [1.165, 1.54) is 70.6 Å². The van der Waals surface area contributed by atoms with Crippen LogP contribution in [-0.4, -0.2) is 70.0 Å². The first-order valence-corrected chi connectivity index (χ1v) is 35.3. The number of esters is 2. The van der Waals surface area contributed by atoms with E-state index in [4.69, 9.17) is 18.5 Å². The van der Waals surface area contributed by atoms with Gasteiger partial charge in [0.25, 0.3) is 7.82 Å². The highest BCUT2D eigenvalue weighted by molar-refractivity contribution is 7.45. The fourth-order valence-electron chi connectivity index (χ4n) is 8.62. The molecule has 0 aliphatic heterocycles. The molecule has 0 N–H and O–H groups in total. The molecule has 0 saturated carbocycles. The highest BCUT2D eigenvalue weighted by Crippen LogP contribution is 2.38. The van der Waals surface area contributed by atoms with Gasteiger partial charge in [-0.3, -0.25) is 14.2 Å². The van der Waals surface area contributed by atoms with Crippen LogP contribution in [-0.2, 0) is 32.7 Å². The van der Waals surface area contributed by atoms with Gasteiger partial charge in [0.15, 0.2) is 6.10 Å². The molecule has 486 valence electrons. The Hall–Kier alpha value is -4.63. The zero-order valence-corrected chi connectivity index (χ0v) is 56.1. The van der Waals surface area contributed by atoms with Gasteiger partial charge in [-0.05, 0) is 128 Å². The van der Waals surface area contributed by atoms with Crippen molar-refractivity contribution in [2.75, 3.05) is 47.5 Å². The number of nitrogens with zero attached hydrogens (tertiary/aromatic N) is 1. The van der Waals surface area contributed by atoms with Gasteiger partial charge in [0, 0.05) is 12.8 Å². The first-order chi connectivity index (χ1) is 42.0. The largest absolute Gasteiger partial charge is 0.756 e. The zero-order chi connectivity index (χ0) is 62.6. The third kappa shape index (κ3) is 68.5. The molecule has 0 aliphatic rings. The summed E-state index contributed by atoms with van der Waals surface area (Å²) in [5.41, 5.74) is 0. The quantitative estimate of drug-likeness (QED) is 0.0195. The standard InChI is InChI=1S/C76H124NO8P/c1-6-8-10-12-14-16-18-20-22-24-26-28-30-32-34-36-37-38-39-41-42-44-46-48-50-52-54-56-58-60-62-64-66-68-75(78)82-72-74(73-84-86(80,81)83-71-70-77(3,4)5)85-76(79)69-67-65-63-61-59-57-55-53-51-49-47-45-43-40-35-33-31-29-27-25-23-21-19-17-15-13-11-9-7-2/h8-11,14-17,20-23,26-29,32-35,37-38,43,45,49,51,55,57,74H,6-7,12-13,18-19,24-25,30-31,36,39-42,44,46-48,50,52-54,56,58-73H2,1-5H3/b10-8-,11-9-,16-14-,17-15-,22-20-,23-21-,28-26-,29-27-,34-32-,35-33-,38-37-,45-43-,51-49-,57-55-. The molecule has 0 aromatic carbocycles. The van der Waals surface area contributed by atoms with E-state index in [0.717, 1.165) is 141 Å². The van der Waals surface area contributed by atoms with Crippen molar-refractivity contribution in [3.05, 3.63) is 170 Å². The summed E-state index contributed by atoms with van der Waals surface area (Å²) in [5.74, 6) is -0.873. The van der Waals surface area contributed by atoms with Gasteiger partial charge in [-0.25, -0.2) is 0 Å². The van der Waals surface area contributed by atoms with E-state index in [1.54, 1.807) is 0 Å². The number of carbonyl (C=O) groups excluding carboxylic acids is 2. The molecule has 86 heavy (non-hydrogen) atoms. The predicted octanol–water partition coefficient (Wildman–Crippen LogP) is 21.5. The normalized spacial score (nSPS) is 14.3. The van der Waals surface area contributed by atoms with Crippen LogP contribution >= 0.6 is 7.82 Å². The average Bonchev–Trinajstić information content (AvgIpc) is 3.67. The number of likely N-dealkylation sites (N-methyl/N-ethyl adjacent to an activating group) is 1. The van der Waals surface area contributed by atoms with E-state index >= 15 is 0 Å². The minimum atomic E-state index is -4.66. The smallest absolute Gasteiger partial charge is 0.306 e. The fourth-order valence-corrected chi connectivity index (χ4v) is 9.35. The first-order valence-electron chi connectivity index (χ1n) is 33.8. The van der Waals surface area contributed by atoms with Crippen LogP contribution in [0.5, 0.6) is 0 Å². The van der Waals surface area contributed by atoms with Crippen molar-refractivity contribution in [1.29, 1.82) is 0 Å². The van der Waals surface area contributed by atoms with E-state index in [-0.39, 0.29) is 26.1 Å². The van der Waals surface area contributed by atoms with Crippen LogP contribution in [0.4, 0.5) is 0 Å². The molecule has 2 atom stereocenters. The summed E-state index contributed by atoms with van der Waals surface area (Å²) >= 11 is 0. The van der Waals surface area contributed by atoms with E-state index in [2.05, 4.69) is 184 Å². The lowest BCUT2D eigenvalue weighted by molar-refractivity contribution is -0.870. The second kappa shape index (κ2) is 64.8. The molecule has 0 heterocycles. The third-order valence-electron chi connectivity index (χ3n) is 13.7. The van der Waals surface area contributed by atoms with Crippen molar-refractivity contribution in [1.82, 2.24) is 0 Å². The lowest BCUT2D eigenvalue weighted by Crippen LogP contribution is -2.37. The number of phosphoric ester groups is 1. The number of hydrogen-bond donors (Lipinski definition) is 0. The van der Waals surface area contributed by atoms with Gasteiger partial charge < -0.3 is 27.9 Å². The Morgan fingerprint density at radius 1 is 0.360 bits per heavy atom. The van der Waals surface area contributed by atoms with E-state index in [9.17, 15) is 19.0 Å². The molecule has 0 spiro atoms. The van der Waals surface area contributed by atoms with Crippen LogP contribution in [0.25, 0.3) is 0 Å². The number of unbranched alkanes of at least 4 members (excludes halogenated alkanes) is 18. The van der Waals surface area contributed by atoms with Crippen molar-refractivity contribution in [3.63, 3.8) is 0 Å². The summed E-state index contributed by atoms with van der Waals surface area (Å²) in [7, 11) is 1.13. The van der Waals surface area contributed by atoms with E-state index in [0.29, 0.717) is 17.4 Å². The summed E-state index contributed by atoms with van der Waals surface area (Å²) in [4.78, 5) is 38.0. The van der Waals surface area contributed by atoms with Gasteiger partial charge in [-0.2, -0.15) is 0 Å². The van der Waals surface area contributed by atoms with Crippen molar-refractivity contribution in [2.24, 2.45) is 0 Å². The molecule has 2 unspecified atom stereocenters. The summed E-state index contributed by atoms with van der Waals surface area (Å²) in [6.45, 7) is 3.97. The maximum absolute atomic E-state index is 12.8. The minimum absolute atomic E-state index is 0.0452. The molecule has 0 radical (unpaired) electrons. The number of allylic oxidation sites excluding steroid dienone is 28. The SMILES string of the molecule is CC/C=C\C/C=C\C/C=C\C/C=C\C/C=C\C/C=C\C/C=C\C/C=C\CCCCCCC(=O)OC(COC(=O)CCCCCCCCCCCCCCCC/C=C\C/C=C\C/C=C\C/C=C\C/C=C\C/C=C\CC)COP(=O)([O-])OCC[N+](C)(C)C. The van der Waals surface area contributed by atoms with Crippen LogP contribution in [0.2, 0.25) is 0 Å². The molecular formula is C76H124NO8P. The summed E-state index contributed by atoms with van der Waals surface area (Å²) in [5, 5.41) is 0. The monoisotopic (exact) mass is 1210 g/mol. The maximum Gasteiger partial charge on any atom is 0.306 e. The zero-order valence-electron chi connectivity index (χ0n) is 55.2. The van der Waals surface area contributed by atoms with Crippen molar-refractivity contribution < 1.29 is 42.1 Å². The third-order valence-corrected chi connectivity index (χ3v) is 14.7. The minimum Gasteiger partial charge on any atom is -0.756 e. The van der Waals surface area contributed by atoms with Gasteiger partial charge in [0.05, 0.1) is 27.7 Å². The van der Waals surface area contributed by atoms with Gasteiger partial charge in [0.2, 0.25) is 0 Å². The Labute approximate surface area is 528 Å². The highest BCUT2D eigenvalue weighted by Gasteiger charge is 2.22. The summed E-state index contributed by atoms with van der Waals surface area (Å²) < 4.78 is 34.2. The van der Waals surface area contributed by atoms with Gasteiger partial charge in [0.1, 0.15) is 19.8 Å². The number of phosphoric acid groups is 1. The van der Waals surface area contributed by atoms with Crippen molar-refractivity contribution >= 4 is 19.8 Å². The molecule has 0 amide bonds. The first kappa shape index (κ1) is 81.4. The number of ether oxygens (including phenoxy) is 2. The number of quaternary nitrogens is 1. The molecule has 0 aliphatic carbocycles. The van der Waals surface area contributed by atoms with Gasteiger partial charge in [-0.1, -0.05) is 274 Å². The molecular weight excluding hydrogens is 1090 g/mol. The topological polar surface area (TPSA) is 111 Å². The van der Waals surface area contributed by atoms with Crippen molar-refractivity contribution in [3.8, 4) is 0 Å². The second-order valence-electron chi connectivity index (χ2n) is 23.1. The molecule has 10 heteroatoms. The fraction of sp³-hybridized carbons (Fsp3) is 0.605. The summed E-state index contributed by atoms with van der Waals surface area (Å²) in [6, 6.07) is 0. The molecule has 0 rings (SSSR count). The maximum atomic E-state index is 12.8. The van der Waals surface area contributed by atoms with Crippen LogP contribution < -0.4 is 4.89 Å². The number of carbonyl (C=O) groups is 2. The Balaban J connectivity index is 4.17. The molecule has 0 bridgehead atoms. The Morgan fingerprint density at radius 3 is 0.930 bits per heavy atom.